The molecule has 0 aromatic heterocycles. The highest BCUT2D eigenvalue weighted by Gasteiger charge is 2.45. The van der Waals surface area contributed by atoms with Crippen molar-refractivity contribution >= 4 is 17.8 Å². The quantitative estimate of drug-likeness (QED) is 0.466. The Hall–Kier alpha value is -2.68. The van der Waals surface area contributed by atoms with Gasteiger partial charge in [0.1, 0.15) is 0 Å². The summed E-state index contributed by atoms with van der Waals surface area (Å²) in [6, 6.07) is 20.0. The van der Waals surface area contributed by atoms with Crippen molar-refractivity contribution in [1.29, 1.82) is 0 Å². The van der Waals surface area contributed by atoms with Gasteiger partial charge in [0.15, 0.2) is 0 Å². The van der Waals surface area contributed by atoms with Crippen molar-refractivity contribution in [1.82, 2.24) is 0 Å². The molecule has 2 aromatic rings. The fourth-order valence-electron chi connectivity index (χ4n) is 2.52. The molecule has 0 radical (unpaired) electrons. The first kappa shape index (κ1) is 15.2. The van der Waals surface area contributed by atoms with Crippen molar-refractivity contribution in [3.8, 4) is 0 Å². The van der Waals surface area contributed by atoms with E-state index in [2.05, 4.69) is 17.3 Å². The van der Waals surface area contributed by atoms with Crippen molar-refractivity contribution in [2.75, 3.05) is 0 Å². The first-order chi connectivity index (χ1) is 11.2. The van der Waals surface area contributed by atoms with Crippen LogP contribution in [0.1, 0.15) is 30.4 Å². The van der Waals surface area contributed by atoms with Gasteiger partial charge in [0.05, 0.1) is 11.6 Å². The second-order valence-corrected chi connectivity index (χ2v) is 5.75. The van der Waals surface area contributed by atoms with Gasteiger partial charge in [0.2, 0.25) is 0 Å². The average molecular weight is 305 g/mol. The summed E-state index contributed by atoms with van der Waals surface area (Å²) < 4.78 is 0. The van der Waals surface area contributed by atoms with Crippen LogP contribution in [0.25, 0.3) is 6.08 Å². The first-order valence-electron chi connectivity index (χ1n) is 7.77. The molecule has 0 amide bonds. The number of nitrogens with zero attached hydrogens (tertiary/aromatic N) is 1. The molecule has 116 valence electrons. The van der Waals surface area contributed by atoms with Crippen LogP contribution in [0.3, 0.4) is 0 Å². The molecule has 3 rings (SSSR count). The fourth-order valence-corrected chi connectivity index (χ4v) is 2.52. The summed E-state index contributed by atoms with van der Waals surface area (Å²) in [6.07, 6.45) is 4.62. The largest absolute Gasteiger partial charge is 0.338 e. The average Bonchev–Trinajstić information content (AvgIpc) is 3.40. The van der Waals surface area contributed by atoms with Gasteiger partial charge in [-0.25, -0.2) is 4.79 Å². The Kier molecular flexibility index (Phi) is 4.67. The molecule has 1 aliphatic carbocycles. The van der Waals surface area contributed by atoms with Gasteiger partial charge in [0.25, 0.3) is 0 Å². The van der Waals surface area contributed by atoms with E-state index in [0.717, 1.165) is 12.0 Å². The van der Waals surface area contributed by atoms with Crippen LogP contribution in [0.2, 0.25) is 0 Å². The second-order valence-electron chi connectivity index (χ2n) is 5.75. The monoisotopic (exact) mass is 305 g/mol. The SMILES string of the molecule is CC(/C=C/c1ccccc1)=N/OC(=O)C1CC1c1ccccc1. The molecule has 0 saturated heterocycles. The summed E-state index contributed by atoms with van der Waals surface area (Å²) >= 11 is 0. The molecule has 3 nitrogen and oxygen atoms in total. The summed E-state index contributed by atoms with van der Waals surface area (Å²) in [4.78, 5) is 17.1. The van der Waals surface area contributed by atoms with Gasteiger partial charge in [-0.2, -0.15) is 0 Å². The smallest absolute Gasteiger partial charge is 0.318 e. The lowest BCUT2D eigenvalue weighted by Gasteiger charge is -1.99. The number of benzene rings is 2. The van der Waals surface area contributed by atoms with Gasteiger partial charge in [0, 0.05) is 0 Å². The van der Waals surface area contributed by atoms with Gasteiger partial charge < -0.3 is 4.84 Å². The van der Waals surface area contributed by atoms with Crippen LogP contribution < -0.4 is 0 Å². The molecule has 23 heavy (non-hydrogen) atoms. The zero-order chi connectivity index (χ0) is 16.1. The topological polar surface area (TPSA) is 38.7 Å². The maximum Gasteiger partial charge on any atom is 0.338 e. The van der Waals surface area contributed by atoms with Crippen molar-refractivity contribution < 1.29 is 9.63 Å². The van der Waals surface area contributed by atoms with E-state index in [9.17, 15) is 4.79 Å². The van der Waals surface area contributed by atoms with E-state index in [-0.39, 0.29) is 17.8 Å². The van der Waals surface area contributed by atoms with Crippen LogP contribution in [0.4, 0.5) is 0 Å². The maximum absolute atomic E-state index is 12.0. The highest BCUT2D eigenvalue weighted by atomic mass is 16.7. The van der Waals surface area contributed by atoms with Gasteiger partial charge in [-0.15, -0.1) is 0 Å². The highest BCUT2D eigenvalue weighted by Crippen LogP contribution is 2.48. The van der Waals surface area contributed by atoms with Gasteiger partial charge in [-0.3, -0.25) is 0 Å². The number of rotatable bonds is 5. The molecule has 0 spiro atoms. The number of allylic oxidation sites excluding steroid dienone is 1. The van der Waals surface area contributed by atoms with Crippen molar-refractivity contribution in [3.05, 3.63) is 77.9 Å². The molecule has 0 aliphatic heterocycles. The molecule has 1 fully saturated rings. The fraction of sp³-hybridized carbons (Fsp3) is 0.200. The third-order valence-electron chi connectivity index (χ3n) is 3.92. The van der Waals surface area contributed by atoms with E-state index in [0.29, 0.717) is 5.71 Å². The predicted molar refractivity (Wildman–Crippen MR) is 92.0 cm³/mol. The minimum atomic E-state index is -0.244. The molecule has 2 atom stereocenters. The van der Waals surface area contributed by atoms with Gasteiger partial charge >= 0.3 is 5.97 Å². The third-order valence-corrected chi connectivity index (χ3v) is 3.92. The molecular formula is C20H19NO2. The minimum Gasteiger partial charge on any atom is -0.318 e. The van der Waals surface area contributed by atoms with E-state index < -0.39 is 0 Å². The molecule has 0 bridgehead atoms. The Labute approximate surface area is 136 Å². The second kappa shape index (κ2) is 7.05. The lowest BCUT2D eigenvalue weighted by Crippen LogP contribution is -2.05. The highest BCUT2D eigenvalue weighted by molar-refractivity contribution is 5.96. The Morgan fingerprint density at radius 3 is 2.43 bits per heavy atom. The van der Waals surface area contributed by atoms with E-state index in [1.54, 1.807) is 0 Å². The zero-order valence-corrected chi connectivity index (χ0v) is 13.1. The van der Waals surface area contributed by atoms with Crippen LogP contribution in [-0.4, -0.2) is 11.7 Å². The summed E-state index contributed by atoms with van der Waals surface area (Å²) in [5.74, 6) is -0.0302. The summed E-state index contributed by atoms with van der Waals surface area (Å²) in [5, 5.41) is 3.91. The van der Waals surface area contributed by atoms with Gasteiger partial charge in [-0.1, -0.05) is 71.9 Å². The Morgan fingerprint density at radius 2 is 1.74 bits per heavy atom. The number of oxime groups is 1. The van der Waals surface area contributed by atoms with Crippen LogP contribution in [0.15, 0.2) is 71.9 Å². The molecule has 0 heterocycles. The van der Waals surface area contributed by atoms with Crippen molar-refractivity contribution in [3.63, 3.8) is 0 Å². The summed E-state index contributed by atoms with van der Waals surface area (Å²) in [7, 11) is 0. The van der Waals surface area contributed by atoms with Crippen LogP contribution in [0, 0.1) is 5.92 Å². The van der Waals surface area contributed by atoms with E-state index in [4.69, 9.17) is 4.84 Å². The van der Waals surface area contributed by atoms with Crippen LogP contribution in [0.5, 0.6) is 0 Å². The van der Waals surface area contributed by atoms with Gasteiger partial charge in [-0.05, 0) is 36.5 Å². The van der Waals surface area contributed by atoms with E-state index in [1.807, 2.05) is 67.6 Å². The summed E-state index contributed by atoms with van der Waals surface area (Å²) in [5.41, 5.74) is 2.94. The van der Waals surface area contributed by atoms with Crippen molar-refractivity contribution in [2.45, 2.75) is 19.3 Å². The third kappa shape index (κ3) is 4.16. The molecule has 1 saturated carbocycles. The Balaban J connectivity index is 1.52. The Bertz CT molecular complexity index is 720. The van der Waals surface area contributed by atoms with Crippen molar-refractivity contribution in [2.24, 2.45) is 11.1 Å². The number of carbonyl (C=O) groups is 1. The molecular weight excluding hydrogens is 286 g/mol. The number of hydrogen-bond acceptors (Lipinski definition) is 3. The number of carbonyl (C=O) groups excluding carboxylic acids is 1. The maximum atomic E-state index is 12.0. The van der Waals surface area contributed by atoms with E-state index in [1.165, 1.54) is 5.56 Å². The molecule has 1 aliphatic rings. The first-order valence-corrected chi connectivity index (χ1v) is 7.77. The molecule has 0 N–H and O–H groups in total. The lowest BCUT2D eigenvalue weighted by molar-refractivity contribution is -0.145. The van der Waals surface area contributed by atoms with Crippen LogP contribution >= 0.6 is 0 Å². The number of hydrogen-bond donors (Lipinski definition) is 0. The van der Waals surface area contributed by atoms with Crippen LogP contribution in [-0.2, 0) is 9.63 Å². The zero-order valence-electron chi connectivity index (χ0n) is 13.1. The molecule has 2 aromatic carbocycles. The molecule has 2 unspecified atom stereocenters. The summed E-state index contributed by atoms with van der Waals surface area (Å²) in [6.45, 7) is 1.81. The standard InChI is InChI=1S/C20H19NO2/c1-15(12-13-16-8-4-2-5-9-16)21-23-20(22)19-14-18(19)17-10-6-3-7-11-17/h2-13,18-19H,14H2,1H3/b13-12+,21-15-. The normalized spacial score (nSPS) is 20.5. The van der Waals surface area contributed by atoms with E-state index >= 15 is 0 Å². The molecule has 3 heteroatoms. The minimum absolute atomic E-state index is 0.0629. The Morgan fingerprint density at radius 1 is 1.09 bits per heavy atom. The predicted octanol–water partition coefficient (Wildman–Crippen LogP) is 4.42. The lowest BCUT2D eigenvalue weighted by atomic mass is 10.1.